The minimum absolute atomic E-state index is 0.460. The lowest BCUT2D eigenvalue weighted by Crippen LogP contribution is -2.08. The minimum Gasteiger partial charge on any atom is -0.428 e. The van der Waals surface area contributed by atoms with E-state index in [9.17, 15) is 9.90 Å². The molecule has 96 valence electrons. The van der Waals surface area contributed by atoms with E-state index in [-0.39, 0.29) is 0 Å². The molecule has 0 unspecified atom stereocenters. The van der Waals surface area contributed by atoms with Crippen LogP contribution in [-0.4, -0.2) is 17.4 Å². The third kappa shape index (κ3) is 4.08. The summed E-state index contributed by atoms with van der Waals surface area (Å²) in [4.78, 5) is 10.8. The van der Waals surface area contributed by atoms with E-state index in [2.05, 4.69) is 4.74 Å². The molecule has 1 N–H and O–H groups in total. The third-order valence-corrected chi connectivity index (χ3v) is 2.51. The van der Waals surface area contributed by atoms with Crippen molar-refractivity contribution in [2.24, 2.45) is 0 Å². The highest BCUT2D eigenvalue weighted by Crippen LogP contribution is 2.14. The number of carbonyl (C=O) groups excluding carboxylic acids is 1. The van der Waals surface area contributed by atoms with Gasteiger partial charge in [0.05, 0.1) is 0 Å². The maximum Gasteiger partial charge on any atom is 0.333 e. The molecule has 2 rings (SSSR count). The predicted octanol–water partition coefficient (Wildman–Crippen LogP) is 2.61. The van der Waals surface area contributed by atoms with E-state index in [1.807, 2.05) is 54.6 Å². The van der Waals surface area contributed by atoms with Crippen LogP contribution in [0.4, 0.5) is 0 Å². The normalized spacial score (nSPS) is 19.5. The Balaban J connectivity index is 1.86. The van der Waals surface area contributed by atoms with Gasteiger partial charge in [0.15, 0.2) is 0 Å². The molecule has 0 fully saturated rings. The molecule has 0 aliphatic carbocycles. The monoisotopic (exact) mass is 254 g/mol. The van der Waals surface area contributed by atoms with Crippen molar-refractivity contribution in [2.75, 3.05) is 0 Å². The molecule has 1 atom stereocenters. The number of hydrogen-bond donors (Lipinski definition) is 1. The summed E-state index contributed by atoms with van der Waals surface area (Å²) in [5.41, 5.74) is 1.59. The van der Waals surface area contributed by atoms with Crippen molar-refractivity contribution in [1.82, 2.24) is 0 Å². The van der Waals surface area contributed by atoms with Crippen LogP contribution in [-0.2, 0) is 9.53 Å². The van der Waals surface area contributed by atoms with Gasteiger partial charge >= 0.3 is 5.97 Å². The van der Waals surface area contributed by atoms with Crippen LogP contribution in [0.3, 0.4) is 0 Å². The number of benzene rings is 1. The molecule has 0 saturated carbocycles. The second-order valence-corrected chi connectivity index (χ2v) is 3.95. The van der Waals surface area contributed by atoms with Gasteiger partial charge in [0.2, 0.25) is 6.29 Å². The lowest BCUT2D eigenvalue weighted by atomic mass is 10.2. The van der Waals surface area contributed by atoms with E-state index in [0.29, 0.717) is 5.57 Å². The average Bonchev–Trinajstić information content (AvgIpc) is 2.73. The number of esters is 1. The second-order valence-electron chi connectivity index (χ2n) is 3.95. The van der Waals surface area contributed by atoms with E-state index in [1.165, 1.54) is 6.08 Å². The van der Waals surface area contributed by atoms with Gasteiger partial charge in [-0.1, -0.05) is 66.8 Å². The van der Waals surface area contributed by atoms with Gasteiger partial charge < -0.3 is 9.84 Å². The van der Waals surface area contributed by atoms with E-state index in [4.69, 9.17) is 0 Å². The maximum atomic E-state index is 10.8. The Kier molecular flexibility index (Phi) is 4.48. The first-order chi connectivity index (χ1) is 9.25. The minimum atomic E-state index is -1.14. The zero-order chi connectivity index (χ0) is 13.5. The van der Waals surface area contributed by atoms with Crippen LogP contribution >= 0.6 is 0 Å². The van der Waals surface area contributed by atoms with Crippen molar-refractivity contribution >= 4 is 12.0 Å². The number of ether oxygens (including phenoxy) is 1. The zero-order valence-corrected chi connectivity index (χ0v) is 10.3. The molecule has 3 heteroatoms. The van der Waals surface area contributed by atoms with Crippen molar-refractivity contribution in [3.63, 3.8) is 0 Å². The topological polar surface area (TPSA) is 46.5 Å². The summed E-state index contributed by atoms with van der Waals surface area (Å²) in [5, 5.41) is 9.31. The molecule has 0 amide bonds. The highest BCUT2D eigenvalue weighted by molar-refractivity contribution is 5.86. The van der Waals surface area contributed by atoms with Gasteiger partial charge in [0.1, 0.15) is 0 Å². The van der Waals surface area contributed by atoms with Gasteiger partial charge in [0.25, 0.3) is 0 Å². The first-order valence-corrected chi connectivity index (χ1v) is 5.92. The largest absolute Gasteiger partial charge is 0.428 e. The molecule has 0 aromatic heterocycles. The first kappa shape index (κ1) is 13.1. The number of aliphatic hydroxyl groups excluding tert-OH is 1. The maximum absolute atomic E-state index is 10.8. The fraction of sp³-hybridized carbons (Fsp3) is 0.0625. The van der Waals surface area contributed by atoms with Crippen LogP contribution in [0.25, 0.3) is 6.08 Å². The van der Waals surface area contributed by atoms with Gasteiger partial charge in [-0.25, -0.2) is 4.79 Å². The van der Waals surface area contributed by atoms with Gasteiger partial charge in [-0.15, -0.1) is 0 Å². The fourth-order valence-corrected chi connectivity index (χ4v) is 1.58. The third-order valence-electron chi connectivity index (χ3n) is 2.51. The highest BCUT2D eigenvalue weighted by Gasteiger charge is 2.20. The summed E-state index contributed by atoms with van der Waals surface area (Å²) in [6.07, 6.45) is 11.1. The quantitative estimate of drug-likeness (QED) is 0.663. The Morgan fingerprint density at radius 2 is 1.68 bits per heavy atom. The Labute approximate surface area is 111 Å². The summed E-state index contributed by atoms with van der Waals surface area (Å²) in [5.74, 6) is -0.514. The van der Waals surface area contributed by atoms with E-state index in [0.717, 1.165) is 5.56 Å². The van der Waals surface area contributed by atoms with Crippen molar-refractivity contribution in [2.45, 2.75) is 6.29 Å². The molecule has 0 bridgehead atoms. The lowest BCUT2D eigenvalue weighted by molar-refractivity contribution is -0.150. The summed E-state index contributed by atoms with van der Waals surface area (Å²) >= 11 is 0. The van der Waals surface area contributed by atoms with Gasteiger partial charge in [-0.2, -0.15) is 0 Å². The van der Waals surface area contributed by atoms with E-state index < -0.39 is 12.3 Å². The number of hydrogen-bond acceptors (Lipinski definition) is 3. The van der Waals surface area contributed by atoms with Crippen molar-refractivity contribution < 1.29 is 14.6 Å². The van der Waals surface area contributed by atoms with Crippen LogP contribution < -0.4 is 0 Å². The molecule has 1 aliphatic heterocycles. The summed E-state index contributed by atoms with van der Waals surface area (Å²) in [6, 6.07) is 9.97. The summed E-state index contributed by atoms with van der Waals surface area (Å²) in [7, 11) is 0. The Morgan fingerprint density at radius 1 is 1.00 bits per heavy atom. The smallest absolute Gasteiger partial charge is 0.333 e. The Hall–Kier alpha value is -2.39. The lowest BCUT2D eigenvalue weighted by Gasteiger charge is -2.01. The molecular formula is C16H14O3. The van der Waals surface area contributed by atoms with Crippen LogP contribution in [0.2, 0.25) is 0 Å². The summed E-state index contributed by atoms with van der Waals surface area (Å²) in [6.45, 7) is 0. The van der Waals surface area contributed by atoms with Gasteiger partial charge in [-0.05, 0) is 5.56 Å². The Bertz CT molecular complexity index is 551. The van der Waals surface area contributed by atoms with Crippen molar-refractivity contribution in [3.8, 4) is 0 Å². The molecule has 0 saturated heterocycles. The van der Waals surface area contributed by atoms with Crippen LogP contribution in [0, 0.1) is 0 Å². The van der Waals surface area contributed by atoms with E-state index >= 15 is 0 Å². The number of aliphatic hydroxyl groups is 1. The molecule has 19 heavy (non-hydrogen) atoms. The number of cyclic esters (lactones) is 1. The van der Waals surface area contributed by atoms with Crippen LogP contribution in [0.5, 0.6) is 0 Å². The predicted molar refractivity (Wildman–Crippen MR) is 73.9 cm³/mol. The fourth-order valence-electron chi connectivity index (χ4n) is 1.58. The molecule has 1 aliphatic rings. The average molecular weight is 254 g/mol. The Morgan fingerprint density at radius 3 is 2.32 bits per heavy atom. The molecule has 1 aromatic carbocycles. The molecule has 0 spiro atoms. The second kappa shape index (κ2) is 6.52. The molecule has 1 heterocycles. The van der Waals surface area contributed by atoms with Gasteiger partial charge in [0, 0.05) is 11.6 Å². The molecule has 1 aromatic rings. The summed E-state index contributed by atoms with van der Waals surface area (Å²) < 4.78 is 4.54. The number of carbonyl (C=O) groups is 1. The SMILES string of the molecule is O=C1C=C(/C=C/C=C/C=C/c2ccccc2)[C@H](O)O1. The number of rotatable bonds is 4. The first-order valence-electron chi connectivity index (χ1n) is 5.92. The van der Waals surface area contributed by atoms with Crippen molar-refractivity contribution in [1.29, 1.82) is 0 Å². The van der Waals surface area contributed by atoms with Crippen LogP contribution in [0.1, 0.15) is 5.56 Å². The molecule has 3 nitrogen and oxygen atoms in total. The molecule has 0 radical (unpaired) electrons. The standard InChI is InChI=1S/C16H14O3/c17-15-12-14(16(18)19-15)11-7-2-1-4-8-13-9-5-3-6-10-13/h1-12,16,18H/b2-1+,8-4+,11-7+/t16-/m1/s1. The van der Waals surface area contributed by atoms with E-state index in [1.54, 1.807) is 12.2 Å². The van der Waals surface area contributed by atoms with Crippen molar-refractivity contribution in [3.05, 3.63) is 77.9 Å². The van der Waals surface area contributed by atoms with Crippen LogP contribution in [0.15, 0.2) is 72.4 Å². The molecular weight excluding hydrogens is 240 g/mol. The highest BCUT2D eigenvalue weighted by atomic mass is 16.6. The number of allylic oxidation sites excluding steroid dienone is 4. The van der Waals surface area contributed by atoms with Gasteiger partial charge in [-0.3, -0.25) is 0 Å². The zero-order valence-electron chi connectivity index (χ0n) is 10.3.